The highest BCUT2D eigenvalue weighted by Crippen LogP contribution is 2.29. The minimum Gasteiger partial charge on any atom is -0.495 e. The molecule has 13 nitrogen and oxygen atoms in total. The van der Waals surface area contributed by atoms with E-state index in [1.54, 1.807) is 26.0 Å². The molecule has 0 fully saturated rings. The van der Waals surface area contributed by atoms with E-state index in [1.165, 1.54) is 18.9 Å². The molecule has 0 spiro atoms. The van der Waals surface area contributed by atoms with Gasteiger partial charge in [0.05, 0.1) is 32.0 Å². The summed E-state index contributed by atoms with van der Waals surface area (Å²) in [5.74, 6) is -0.254. The Balaban J connectivity index is 2.04. The van der Waals surface area contributed by atoms with Gasteiger partial charge in [-0.2, -0.15) is 10.1 Å². The molecule has 0 aliphatic carbocycles. The topological polar surface area (TPSA) is 174 Å². The second kappa shape index (κ2) is 8.97. The monoisotopic (exact) mass is 557 g/mol. The maximum atomic E-state index is 11.7. The van der Waals surface area contributed by atoms with Crippen LogP contribution in [0.4, 0.5) is 15.5 Å². The highest BCUT2D eigenvalue weighted by Gasteiger charge is 2.27. The summed E-state index contributed by atoms with van der Waals surface area (Å²) in [6.07, 6.45) is -1.96. The van der Waals surface area contributed by atoms with Crippen molar-refractivity contribution in [2.24, 2.45) is 0 Å². The van der Waals surface area contributed by atoms with E-state index >= 15 is 0 Å². The van der Waals surface area contributed by atoms with Crippen molar-refractivity contribution in [3.05, 3.63) is 27.2 Å². The molecule has 2 amide bonds. The summed E-state index contributed by atoms with van der Waals surface area (Å²) in [7, 11) is 2.77. The van der Waals surface area contributed by atoms with Crippen LogP contribution in [-0.2, 0) is 16.8 Å². The Morgan fingerprint density at radius 3 is 2.56 bits per heavy atom. The Morgan fingerprint density at radius 2 is 1.94 bits per heavy atom. The van der Waals surface area contributed by atoms with Crippen LogP contribution in [0.2, 0.25) is 0 Å². The molecular weight excluding hydrogens is 537 g/mol. The van der Waals surface area contributed by atoms with Crippen LogP contribution in [0.1, 0.15) is 25.2 Å². The zero-order valence-electron chi connectivity index (χ0n) is 17.5. The first-order chi connectivity index (χ1) is 15.1. The minimum atomic E-state index is -1.36. The molecule has 0 bridgehead atoms. The van der Waals surface area contributed by atoms with E-state index in [9.17, 15) is 14.7 Å². The average Bonchev–Trinajstić information content (AvgIpc) is 3.02. The normalized spacial score (nSPS) is 11.3. The van der Waals surface area contributed by atoms with E-state index in [-0.39, 0.29) is 23.5 Å². The molecule has 0 radical (unpaired) electrons. The van der Waals surface area contributed by atoms with E-state index in [0.717, 1.165) is 0 Å². The number of pyridine rings is 1. The third-order valence-corrected chi connectivity index (χ3v) is 5.17. The zero-order chi connectivity index (χ0) is 23.6. The number of nitrogens with zero attached hydrogens (tertiary/aromatic N) is 5. The number of aromatic nitrogens is 5. The summed E-state index contributed by atoms with van der Waals surface area (Å²) in [5, 5.41) is 28.4. The number of anilines is 1. The number of hydrogen-bond acceptors (Lipinski definition) is 9. The molecule has 14 heteroatoms. The largest absolute Gasteiger partial charge is 0.495 e. The molecule has 0 saturated carbocycles. The number of fused-ring (bicyclic) bond motifs is 1. The highest BCUT2D eigenvalue weighted by molar-refractivity contribution is 14.1. The fourth-order valence-electron chi connectivity index (χ4n) is 2.94. The standard InChI is InChI=1S/C18H20IN7O6/c1-18(2,24-17(30)32-4)10-6-5-9(31-3)8(20-10)7-26-12-11(13(19)25-26)21-15(22-14(12)27)23-16(28)29/h5-6H,7H2,1-4H3,(H,24,30)(H,28,29)(H2,21,22,23,27). The van der Waals surface area contributed by atoms with Crippen LogP contribution < -0.4 is 15.4 Å². The first-order valence-corrected chi connectivity index (χ1v) is 10.2. The molecule has 3 heterocycles. The third kappa shape index (κ3) is 4.74. The van der Waals surface area contributed by atoms with E-state index in [2.05, 4.69) is 30.1 Å². The Labute approximate surface area is 195 Å². The van der Waals surface area contributed by atoms with Crippen LogP contribution in [0.25, 0.3) is 11.0 Å². The maximum Gasteiger partial charge on any atom is 0.411 e. The number of rotatable bonds is 6. The number of nitrogens with one attached hydrogen (secondary N) is 2. The SMILES string of the molecule is COC(=O)NC(C)(C)c1ccc(OC)c(Cn2nc(I)c3nc(NC(=O)O)nc(O)c32)n1. The van der Waals surface area contributed by atoms with Crippen LogP contribution in [-0.4, -0.2) is 61.4 Å². The van der Waals surface area contributed by atoms with E-state index in [1.807, 2.05) is 27.9 Å². The lowest BCUT2D eigenvalue weighted by atomic mass is 9.99. The molecule has 3 rings (SSSR count). The lowest BCUT2D eigenvalue weighted by Crippen LogP contribution is -2.41. The van der Waals surface area contributed by atoms with Crippen LogP contribution >= 0.6 is 22.6 Å². The first-order valence-electron chi connectivity index (χ1n) is 9.09. The lowest BCUT2D eigenvalue weighted by Gasteiger charge is -2.25. The summed E-state index contributed by atoms with van der Waals surface area (Å²) >= 11 is 1.92. The van der Waals surface area contributed by atoms with Crippen molar-refractivity contribution in [1.82, 2.24) is 30.0 Å². The van der Waals surface area contributed by atoms with Crippen molar-refractivity contribution in [2.75, 3.05) is 19.5 Å². The van der Waals surface area contributed by atoms with Crippen molar-refractivity contribution in [3.63, 3.8) is 0 Å². The smallest absolute Gasteiger partial charge is 0.411 e. The van der Waals surface area contributed by atoms with Gasteiger partial charge in [-0.25, -0.2) is 19.6 Å². The number of hydrogen-bond donors (Lipinski definition) is 4. The van der Waals surface area contributed by atoms with Gasteiger partial charge in [-0.3, -0.25) is 10.00 Å². The van der Waals surface area contributed by atoms with E-state index in [0.29, 0.717) is 20.8 Å². The number of carboxylic acid groups (broad SMARTS) is 1. The fourth-order valence-corrected chi connectivity index (χ4v) is 3.58. The van der Waals surface area contributed by atoms with Crippen LogP contribution in [0.3, 0.4) is 0 Å². The summed E-state index contributed by atoms with van der Waals surface area (Å²) in [4.78, 5) is 35.1. The third-order valence-electron chi connectivity index (χ3n) is 4.44. The van der Waals surface area contributed by atoms with E-state index < -0.39 is 23.6 Å². The van der Waals surface area contributed by atoms with Gasteiger partial charge in [0.25, 0.3) is 0 Å². The fraction of sp³-hybridized carbons (Fsp3) is 0.333. The van der Waals surface area contributed by atoms with Gasteiger partial charge in [-0.1, -0.05) is 0 Å². The maximum absolute atomic E-state index is 11.7. The van der Waals surface area contributed by atoms with Crippen molar-refractivity contribution in [3.8, 4) is 11.6 Å². The molecule has 0 unspecified atom stereocenters. The zero-order valence-corrected chi connectivity index (χ0v) is 19.7. The van der Waals surface area contributed by atoms with Gasteiger partial charge >= 0.3 is 12.2 Å². The molecular formula is C18H20IN7O6. The summed E-state index contributed by atoms with van der Waals surface area (Å²) in [5.41, 5.74) is 0.629. The molecule has 4 N–H and O–H groups in total. The van der Waals surface area contributed by atoms with Gasteiger partial charge < -0.3 is 25.0 Å². The Kier molecular flexibility index (Phi) is 6.52. The van der Waals surface area contributed by atoms with Crippen molar-refractivity contribution in [1.29, 1.82) is 0 Å². The second-order valence-electron chi connectivity index (χ2n) is 7.03. The molecule has 0 aliphatic heterocycles. The van der Waals surface area contributed by atoms with Crippen LogP contribution in [0.5, 0.6) is 11.6 Å². The van der Waals surface area contributed by atoms with Gasteiger partial charge in [0.1, 0.15) is 20.7 Å². The van der Waals surface area contributed by atoms with E-state index in [4.69, 9.17) is 9.84 Å². The number of amides is 2. The predicted molar refractivity (Wildman–Crippen MR) is 120 cm³/mol. The number of alkyl carbamates (subject to hydrolysis) is 1. The number of methoxy groups -OCH3 is 2. The molecule has 3 aromatic rings. The molecule has 0 aliphatic rings. The first kappa shape index (κ1) is 23.2. The van der Waals surface area contributed by atoms with Crippen LogP contribution in [0, 0.1) is 3.70 Å². The molecule has 0 atom stereocenters. The summed E-state index contributed by atoms with van der Waals surface area (Å²) in [6.45, 7) is 3.62. The quantitative estimate of drug-likeness (QED) is 0.329. The number of aromatic hydroxyl groups is 1. The van der Waals surface area contributed by atoms with Gasteiger partial charge in [0.15, 0.2) is 5.52 Å². The molecule has 170 valence electrons. The number of carbonyl (C=O) groups excluding carboxylic acids is 1. The second-order valence-corrected chi connectivity index (χ2v) is 8.06. The Morgan fingerprint density at radius 1 is 1.22 bits per heavy atom. The number of ether oxygens (including phenoxy) is 2. The van der Waals surface area contributed by atoms with Gasteiger partial charge in [-0.05, 0) is 48.6 Å². The average molecular weight is 557 g/mol. The summed E-state index contributed by atoms with van der Waals surface area (Å²) < 4.78 is 11.9. The minimum absolute atomic E-state index is 0.0768. The lowest BCUT2D eigenvalue weighted by molar-refractivity contribution is 0.159. The Bertz CT molecular complexity index is 1200. The van der Waals surface area contributed by atoms with Crippen molar-refractivity contribution >= 4 is 51.8 Å². The Hall–Kier alpha value is -3.43. The van der Waals surface area contributed by atoms with Gasteiger partial charge in [0, 0.05) is 0 Å². The van der Waals surface area contributed by atoms with Crippen molar-refractivity contribution < 1.29 is 29.3 Å². The highest BCUT2D eigenvalue weighted by atomic mass is 127. The number of halogens is 1. The molecule has 0 saturated heterocycles. The van der Waals surface area contributed by atoms with Crippen LogP contribution in [0.15, 0.2) is 12.1 Å². The molecule has 0 aromatic carbocycles. The molecule has 3 aromatic heterocycles. The summed E-state index contributed by atoms with van der Waals surface area (Å²) in [6, 6.07) is 3.42. The number of carbonyl (C=O) groups is 2. The van der Waals surface area contributed by atoms with Gasteiger partial charge in [-0.15, -0.1) is 0 Å². The van der Waals surface area contributed by atoms with Gasteiger partial charge in [0.2, 0.25) is 11.8 Å². The predicted octanol–water partition coefficient (Wildman–Crippen LogP) is 2.27. The molecule has 32 heavy (non-hydrogen) atoms. The van der Waals surface area contributed by atoms with Crippen molar-refractivity contribution in [2.45, 2.75) is 25.9 Å².